The molecule has 0 radical (unpaired) electrons. The van der Waals surface area contributed by atoms with Gasteiger partial charge in [-0.15, -0.1) is 0 Å². The average Bonchev–Trinajstić information content (AvgIpc) is 2.99. The number of methoxy groups -OCH3 is 1. The summed E-state index contributed by atoms with van der Waals surface area (Å²) in [4.78, 5) is 0. The Morgan fingerprint density at radius 2 is 2.08 bits per heavy atom. The third-order valence-electron chi connectivity index (χ3n) is 8.62. The normalized spacial score (nSPS) is 42.0. The standard InChI is InChI=1S/C23H37NO2/c1-4-22-12-10-19-18-9-7-17(26-3)14-16(18)6-8-20(19)21(22)11-13-23(22,25)15-24-5-2/h7,19-21,24-25H,4-6,8-15H2,1-3H3/t19-,20-,21+,22+,23-/m1/s1. The first-order valence-corrected chi connectivity index (χ1v) is 11.0. The molecule has 0 aliphatic heterocycles. The van der Waals surface area contributed by atoms with Gasteiger partial charge in [-0.2, -0.15) is 0 Å². The van der Waals surface area contributed by atoms with E-state index < -0.39 is 5.60 Å². The third-order valence-corrected chi connectivity index (χ3v) is 8.62. The maximum Gasteiger partial charge on any atom is 0.0959 e. The molecule has 0 aromatic heterocycles. The summed E-state index contributed by atoms with van der Waals surface area (Å²) in [6.07, 6.45) is 12.9. The van der Waals surface area contributed by atoms with Crippen molar-refractivity contribution in [2.45, 2.75) is 77.2 Å². The first-order chi connectivity index (χ1) is 12.6. The van der Waals surface area contributed by atoms with Gasteiger partial charge in [0, 0.05) is 18.4 Å². The number of hydrogen-bond donors (Lipinski definition) is 2. The Hall–Kier alpha value is -0.800. The summed E-state index contributed by atoms with van der Waals surface area (Å²) in [5, 5.41) is 15.1. The van der Waals surface area contributed by atoms with Gasteiger partial charge in [0.1, 0.15) is 0 Å². The van der Waals surface area contributed by atoms with E-state index in [-0.39, 0.29) is 5.41 Å². The molecule has 5 atom stereocenters. The van der Waals surface area contributed by atoms with Crippen LogP contribution < -0.4 is 5.32 Å². The van der Waals surface area contributed by atoms with Crippen LogP contribution in [0.5, 0.6) is 0 Å². The molecule has 4 aliphatic carbocycles. The molecule has 0 bridgehead atoms. The Morgan fingerprint density at radius 3 is 2.81 bits per heavy atom. The molecule has 2 N–H and O–H groups in total. The Bertz CT molecular complexity index is 609. The molecule has 26 heavy (non-hydrogen) atoms. The van der Waals surface area contributed by atoms with E-state index in [4.69, 9.17) is 4.74 Å². The maximum absolute atomic E-state index is 11.7. The molecule has 3 nitrogen and oxygen atoms in total. The fraction of sp³-hybridized carbons (Fsp3) is 0.826. The number of fused-ring (bicyclic) bond motifs is 4. The molecule has 0 amide bonds. The van der Waals surface area contributed by atoms with Crippen LogP contribution in [0, 0.1) is 23.2 Å². The molecule has 2 saturated carbocycles. The van der Waals surface area contributed by atoms with Crippen LogP contribution in [0.1, 0.15) is 71.6 Å². The molecule has 4 rings (SSSR count). The fourth-order valence-electron chi connectivity index (χ4n) is 7.34. The summed E-state index contributed by atoms with van der Waals surface area (Å²) >= 11 is 0. The number of likely N-dealkylation sites (N-methyl/N-ethyl adjacent to an activating group) is 1. The van der Waals surface area contributed by atoms with Crippen LogP contribution in [0.2, 0.25) is 0 Å². The van der Waals surface area contributed by atoms with Gasteiger partial charge in [-0.3, -0.25) is 0 Å². The Labute approximate surface area is 159 Å². The summed E-state index contributed by atoms with van der Waals surface area (Å²) < 4.78 is 5.53. The number of rotatable bonds is 5. The van der Waals surface area contributed by atoms with Crippen LogP contribution in [-0.2, 0) is 4.74 Å². The minimum atomic E-state index is -0.502. The van der Waals surface area contributed by atoms with Gasteiger partial charge in [0.25, 0.3) is 0 Å². The van der Waals surface area contributed by atoms with Gasteiger partial charge < -0.3 is 15.2 Å². The van der Waals surface area contributed by atoms with Gasteiger partial charge in [-0.05, 0) is 81.7 Å². The predicted octanol–water partition coefficient (Wildman–Crippen LogP) is 4.57. The van der Waals surface area contributed by atoms with Crippen molar-refractivity contribution in [3.8, 4) is 0 Å². The second-order valence-corrected chi connectivity index (χ2v) is 9.20. The lowest BCUT2D eigenvalue weighted by atomic mass is 9.51. The molecule has 0 heterocycles. The van der Waals surface area contributed by atoms with Crippen molar-refractivity contribution in [2.75, 3.05) is 20.2 Å². The van der Waals surface area contributed by atoms with Crippen LogP contribution in [0.4, 0.5) is 0 Å². The minimum Gasteiger partial charge on any atom is -0.501 e. The summed E-state index contributed by atoms with van der Waals surface area (Å²) in [6.45, 7) is 6.20. The molecule has 3 heteroatoms. The van der Waals surface area contributed by atoms with Crippen molar-refractivity contribution >= 4 is 0 Å². The number of ether oxygens (including phenoxy) is 1. The van der Waals surface area contributed by atoms with Crippen molar-refractivity contribution in [1.82, 2.24) is 5.32 Å². The van der Waals surface area contributed by atoms with E-state index in [9.17, 15) is 5.11 Å². The van der Waals surface area contributed by atoms with Crippen molar-refractivity contribution in [1.29, 1.82) is 0 Å². The Kier molecular flexibility index (Phi) is 4.98. The zero-order chi connectivity index (χ0) is 18.4. The summed E-state index contributed by atoms with van der Waals surface area (Å²) in [5.41, 5.74) is 3.05. The molecule has 0 aromatic rings. The van der Waals surface area contributed by atoms with Gasteiger partial charge in [0.15, 0.2) is 0 Å². The predicted molar refractivity (Wildman–Crippen MR) is 106 cm³/mol. The fourth-order valence-corrected chi connectivity index (χ4v) is 7.34. The van der Waals surface area contributed by atoms with E-state index in [1.54, 1.807) is 11.1 Å². The third kappa shape index (κ3) is 2.61. The van der Waals surface area contributed by atoms with Crippen molar-refractivity contribution < 1.29 is 9.84 Å². The van der Waals surface area contributed by atoms with Crippen LogP contribution in [0.3, 0.4) is 0 Å². The van der Waals surface area contributed by atoms with Crippen molar-refractivity contribution in [3.63, 3.8) is 0 Å². The van der Waals surface area contributed by atoms with Crippen molar-refractivity contribution in [3.05, 3.63) is 23.0 Å². The van der Waals surface area contributed by atoms with Crippen LogP contribution >= 0.6 is 0 Å². The molecular formula is C23H37NO2. The molecule has 0 saturated heterocycles. The highest BCUT2D eigenvalue weighted by Gasteiger charge is 2.62. The molecule has 0 aromatic carbocycles. The Balaban J connectivity index is 1.59. The van der Waals surface area contributed by atoms with Gasteiger partial charge in [0.05, 0.1) is 18.5 Å². The van der Waals surface area contributed by atoms with E-state index in [0.29, 0.717) is 5.92 Å². The second-order valence-electron chi connectivity index (χ2n) is 9.20. The number of nitrogens with one attached hydrogen (secondary N) is 1. The first-order valence-electron chi connectivity index (χ1n) is 11.0. The highest BCUT2D eigenvalue weighted by atomic mass is 16.5. The zero-order valence-electron chi connectivity index (χ0n) is 16.9. The van der Waals surface area contributed by atoms with Crippen LogP contribution in [0.25, 0.3) is 0 Å². The zero-order valence-corrected chi connectivity index (χ0v) is 16.9. The van der Waals surface area contributed by atoms with Gasteiger partial charge >= 0.3 is 0 Å². The lowest BCUT2D eigenvalue weighted by molar-refractivity contribution is -0.118. The van der Waals surface area contributed by atoms with E-state index in [0.717, 1.165) is 50.6 Å². The quantitative estimate of drug-likeness (QED) is 0.706. The molecule has 4 aliphatic rings. The van der Waals surface area contributed by atoms with Crippen LogP contribution in [0.15, 0.2) is 23.0 Å². The van der Waals surface area contributed by atoms with E-state index in [1.165, 1.54) is 37.9 Å². The largest absolute Gasteiger partial charge is 0.501 e. The summed E-state index contributed by atoms with van der Waals surface area (Å²) in [7, 11) is 1.81. The summed E-state index contributed by atoms with van der Waals surface area (Å²) in [6, 6.07) is 0. The van der Waals surface area contributed by atoms with Gasteiger partial charge in [-0.1, -0.05) is 25.0 Å². The smallest absolute Gasteiger partial charge is 0.0959 e. The minimum absolute atomic E-state index is 0.136. The number of hydrogen-bond acceptors (Lipinski definition) is 3. The van der Waals surface area contributed by atoms with Gasteiger partial charge in [0.2, 0.25) is 0 Å². The van der Waals surface area contributed by atoms with E-state index in [2.05, 4.69) is 25.2 Å². The van der Waals surface area contributed by atoms with Crippen molar-refractivity contribution in [2.24, 2.45) is 23.2 Å². The Morgan fingerprint density at radius 1 is 1.23 bits per heavy atom. The highest BCUT2D eigenvalue weighted by molar-refractivity contribution is 5.33. The average molecular weight is 360 g/mol. The SMILES string of the molecule is CCNC[C@]1(O)CC[C@H]2[C@@H]3CCC4=C(CC=C(OC)C4)[C@H]3CC[C@@]21CC. The van der Waals surface area contributed by atoms with E-state index in [1.807, 2.05) is 7.11 Å². The summed E-state index contributed by atoms with van der Waals surface area (Å²) in [5.74, 6) is 3.42. The second kappa shape index (κ2) is 6.98. The number of aliphatic hydroxyl groups is 1. The molecule has 0 spiro atoms. The monoisotopic (exact) mass is 359 g/mol. The van der Waals surface area contributed by atoms with Gasteiger partial charge in [-0.25, -0.2) is 0 Å². The number of allylic oxidation sites excluding steroid dienone is 3. The topological polar surface area (TPSA) is 41.5 Å². The highest BCUT2D eigenvalue weighted by Crippen LogP contribution is 2.65. The van der Waals surface area contributed by atoms with E-state index >= 15 is 0 Å². The molecule has 2 fully saturated rings. The lowest BCUT2D eigenvalue weighted by Gasteiger charge is -2.55. The molecule has 0 unspecified atom stereocenters. The lowest BCUT2D eigenvalue weighted by Crippen LogP contribution is -2.56. The molecule has 146 valence electrons. The molecular weight excluding hydrogens is 322 g/mol. The van der Waals surface area contributed by atoms with Crippen LogP contribution in [-0.4, -0.2) is 30.9 Å². The maximum atomic E-state index is 11.7. The first kappa shape index (κ1) is 18.6.